The van der Waals surface area contributed by atoms with Gasteiger partial charge in [0.1, 0.15) is 11.6 Å². The number of imidazole rings is 1. The first-order chi connectivity index (χ1) is 6.95. The molecule has 15 heavy (non-hydrogen) atoms. The molecule has 1 heterocycles. The van der Waals surface area contributed by atoms with E-state index in [4.69, 9.17) is 10.7 Å². The molecule has 0 aromatic carbocycles. The number of nitrogens with zero attached hydrogens (tertiary/aromatic N) is 2. The third-order valence-electron chi connectivity index (χ3n) is 2.94. The second-order valence-corrected chi connectivity index (χ2v) is 5.47. The van der Waals surface area contributed by atoms with E-state index < -0.39 is 0 Å². The Hall–Kier alpha value is -0.990. The summed E-state index contributed by atoms with van der Waals surface area (Å²) in [5.74, 6) is 2.05. The maximum Gasteiger partial charge on any atom is 0.127 e. The second kappa shape index (κ2) is 3.26. The highest BCUT2D eigenvalue weighted by atomic mass is 15.2. The summed E-state index contributed by atoms with van der Waals surface area (Å²) in [4.78, 5) is 4.70. The van der Waals surface area contributed by atoms with Gasteiger partial charge in [-0.1, -0.05) is 27.7 Å². The molecular weight excluding hydrogens is 186 g/mol. The highest BCUT2D eigenvalue weighted by molar-refractivity contribution is 5.41. The molecule has 84 valence electrons. The quantitative estimate of drug-likeness (QED) is 0.810. The van der Waals surface area contributed by atoms with Crippen molar-refractivity contribution in [3.05, 3.63) is 11.5 Å². The molecule has 1 aromatic rings. The number of nitrogens with two attached hydrogens (primary N) is 1. The maximum atomic E-state index is 6.15. The van der Waals surface area contributed by atoms with Crippen molar-refractivity contribution >= 4 is 5.82 Å². The molecule has 0 bridgehead atoms. The second-order valence-electron chi connectivity index (χ2n) is 5.47. The normalized spacial score (nSPS) is 17.1. The molecule has 0 aliphatic heterocycles. The molecule has 3 heteroatoms. The third-order valence-corrected chi connectivity index (χ3v) is 2.94. The number of anilines is 1. The van der Waals surface area contributed by atoms with Crippen LogP contribution in [0, 0.1) is 0 Å². The zero-order chi connectivity index (χ0) is 11.2. The molecule has 1 aliphatic rings. The average molecular weight is 207 g/mol. The van der Waals surface area contributed by atoms with E-state index in [9.17, 15) is 0 Å². The molecule has 1 aliphatic carbocycles. The van der Waals surface area contributed by atoms with Crippen molar-refractivity contribution in [2.24, 2.45) is 0 Å². The molecule has 0 unspecified atom stereocenters. The molecule has 0 radical (unpaired) electrons. The van der Waals surface area contributed by atoms with Crippen LogP contribution in [-0.2, 0) is 11.8 Å². The molecule has 0 spiro atoms. The van der Waals surface area contributed by atoms with Crippen LogP contribution in [0.25, 0.3) is 0 Å². The van der Waals surface area contributed by atoms with Gasteiger partial charge in [-0.05, 0) is 19.3 Å². The first-order valence-electron chi connectivity index (χ1n) is 5.82. The maximum absolute atomic E-state index is 6.15. The van der Waals surface area contributed by atoms with Crippen molar-refractivity contribution in [1.29, 1.82) is 0 Å². The molecule has 2 rings (SSSR count). The molecule has 3 nitrogen and oxygen atoms in total. The van der Waals surface area contributed by atoms with Crippen LogP contribution in [0.15, 0.2) is 0 Å². The van der Waals surface area contributed by atoms with Gasteiger partial charge in [0, 0.05) is 11.5 Å². The van der Waals surface area contributed by atoms with Gasteiger partial charge in [-0.3, -0.25) is 0 Å². The predicted octanol–water partition coefficient (Wildman–Crippen LogP) is 2.66. The third kappa shape index (κ3) is 1.75. The van der Waals surface area contributed by atoms with Crippen molar-refractivity contribution in [2.45, 2.75) is 58.4 Å². The Labute approximate surface area is 91.7 Å². The summed E-state index contributed by atoms with van der Waals surface area (Å²) in [5, 5.41) is 0. The fourth-order valence-electron chi connectivity index (χ4n) is 1.98. The van der Waals surface area contributed by atoms with Crippen LogP contribution in [0.2, 0.25) is 0 Å². The average Bonchev–Trinajstić information content (AvgIpc) is 2.89. The van der Waals surface area contributed by atoms with E-state index in [0.717, 1.165) is 23.8 Å². The van der Waals surface area contributed by atoms with Crippen molar-refractivity contribution in [2.75, 3.05) is 5.73 Å². The summed E-state index contributed by atoms with van der Waals surface area (Å²) < 4.78 is 2.26. The molecule has 1 aromatic heterocycles. The van der Waals surface area contributed by atoms with Gasteiger partial charge in [0.05, 0.1) is 5.69 Å². The SMILES string of the molecule is CCc1nc(C(C)(C)C)n(C2CC2)c1N. The van der Waals surface area contributed by atoms with Gasteiger partial charge in [0.15, 0.2) is 0 Å². The Kier molecular flexibility index (Phi) is 2.28. The summed E-state index contributed by atoms with van der Waals surface area (Å²) in [6, 6.07) is 0.618. The Morgan fingerprint density at radius 2 is 2.00 bits per heavy atom. The molecule has 0 atom stereocenters. The van der Waals surface area contributed by atoms with E-state index >= 15 is 0 Å². The summed E-state index contributed by atoms with van der Waals surface area (Å²) in [6.07, 6.45) is 3.44. The Bertz CT molecular complexity index is 367. The van der Waals surface area contributed by atoms with Crippen molar-refractivity contribution in [1.82, 2.24) is 9.55 Å². The number of hydrogen-bond acceptors (Lipinski definition) is 2. The lowest BCUT2D eigenvalue weighted by Crippen LogP contribution is -2.19. The van der Waals surface area contributed by atoms with Gasteiger partial charge < -0.3 is 10.3 Å². The fraction of sp³-hybridized carbons (Fsp3) is 0.750. The highest BCUT2D eigenvalue weighted by Gasteiger charge is 2.33. The van der Waals surface area contributed by atoms with Crippen LogP contribution in [0.1, 0.15) is 58.1 Å². The zero-order valence-electron chi connectivity index (χ0n) is 10.2. The van der Waals surface area contributed by atoms with E-state index in [1.807, 2.05) is 0 Å². The van der Waals surface area contributed by atoms with Gasteiger partial charge in [-0.15, -0.1) is 0 Å². The van der Waals surface area contributed by atoms with Gasteiger partial charge in [0.2, 0.25) is 0 Å². The number of rotatable bonds is 2. The number of nitrogen functional groups attached to an aromatic ring is 1. The number of hydrogen-bond donors (Lipinski definition) is 1. The van der Waals surface area contributed by atoms with E-state index in [1.165, 1.54) is 12.8 Å². The Balaban J connectivity index is 2.52. The monoisotopic (exact) mass is 207 g/mol. The fourth-order valence-corrected chi connectivity index (χ4v) is 1.98. The van der Waals surface area contributed by atoms with Crippen molar-refractivity contribution < 1.29 is 0 Å². The van der Waals surface area contributed by atoms with Crippen LogP contribution >= 0.6 is 0 Å². The van der Waals surface area contributed by atoms with Gasteiger partial charge in [-0.25, -0.2) is 4.98 Å². The Morgan fingerprint density at radius 1 is 1.40 bits per heavy atom. The Morgan fingerprint density at radius 3 is 2.40 bits per heavy atom. The van der Waals surface area contributed by atoms with E-state index in [1.54, 1.807) is 0 Å². The molecule has 0 amide bonds. The minimum Gasteiger partial charge on any atom is -0.384 e. The van der Waals surface area contributed by atoms with E-state index in [-0.39, 0.29) is 5.41 Å². The molecule has 2 N–H and O–H groups in total. The van der Waals surface area contributed by atoms with E-state index in [2.05, 4.69) is 32.3 Å². The number of aromatic nitrogens is 2. The summed E-state index contributed by atoms with van der Waals surface area (Å²) in [7, 11) is 0. The highest BCUT2D eigenvalue weighted by Crippen LogP contribution is 2.41. The van der Waals surface area contributed by atoms with Gasteiger partial charge in [-0.2, -0.15) is 0 Å². The van der Waals surface area contributed by atoms with Crippen LogP contribution in [-0.4, -0.2) is 9.55 Å². The molecule has 1 saturated carbocycles. The van der Waals surface area contributed by atoms with Crippen LogP contribution in [0.3, 0.4) is 0 Å². The summed E-state index contributed by atoms with van der Waals surface area (Å²) in [6.45, 7) is 8.72. The smallest absolute Gasteiger partial charge is 0.127 e. The van der Waals surface area contributed by atoms with Crippen LogP contribution in [0.4, 0.5) is 5.82 Å². The summed E-state index contributed by atoms with van der Waals surface area (Å²) in [5.41, 5.74) is 7.30. The first kappa shape index (κ1) is 10.5. The van der Waals surface area contributed by atoms with Gasteiger partial charge in [0.25, 0.3) is 0 Å². The van der Waals surface area contributed by atoms with Crippen LogP contribution < -0.4 is 5.73 Å². The zero-order valence-corrected chi connectivity index (χ0v) is 10.2. The van der Waals surface area contributed by atoms with Gasteiger partial charge >= 0.3 is 0 Å². The van der Waals surface area contributed by atoms with Crippen molar-refractivity contribution in [3.63, 3.8) is 0 Å². The standard InChI is InChI=1S/C12H21N3/c1-5-9-10(13)15(8-6-7-8)11(14-9)12(2,3)4/h8H,5-7,13H2,1-4H3. The predicted molar refractivity (Wildman–Crippen MR) is 63.0 cm³/mol. The summed E-state index contributed by atoms with van der Waals surface area (Å²) >= 11 is 0. The molecule has 1 fully saturated rings. The lowest BCUT2D eigenvalue weighted by atomic mass is 9.95. The molecule has 0 saturated heterocycles. The minimum absolute atomic E-state index is 0.0874. The lowest BCUT2D eigenvalue weighted by Gasteiger charge is -2.20. The largest absolute Gasteiger partial charge is 0.384 e. The van der Waals surface area contributed by atoms with Crippen molar-refractivity contribution in [3.8, 4) is 0 Å². The topological polar surface area (TPSA) is 43.8 Å². The number of aryl methyl sites for hydroxylation is 1. The van der Waals surface area contributed by atoms with E-state index in [0.29, 0.717) is 6.04 Å². The first-order valence-corrected chi connectivity index (χ1v) is 5.82. The lowest BCUT2D eigenvalue weighted by molar-refractivity contribution is 0.504. The molecular formula is C12H21N3. The van der Waals surface area contributed by atoms with Crippen LogP contribution in [0.5, 0.6) is 0 Å². The minimum atomic E-state index is 0.0874.